The van der Waals surface area contributed by atoms with E-state index in [1.807, 2.05) is 0 Å². The molecule has 15 rings (SSSR count). The lowest BCUT2D eigenvalue weighted by Gasteiger charge is -2.52. The van der Waals surface area contributed by atoms with Crippen molar-refractivity contribution in [1.29, 1.82) is 0 Å². The van der Waals surface area contributed by atoms with Gasteiger partial charge in [0.2, 0.25) is 0 Å². The molecule has 5 heteroatoms. The maximum absolute atomic E-state index is 5.66. The van der Waals surface area contributed by atoms with Gasteiger partial charge < -0.3 is 8.80 Å². The van der Waals surface area contributed by atoms with Crippen LogP contribution >= 0.6 is 10.0 Å². The van der Waals surface area contributed by atoms with Crippen LogP contribution < -0.4 is 0 Å². The highest BCUT2D eigenvalue weighted by Crippen LogP contribution is 2.68. The van der Waals surface area contributed by atoms with Crippen LogP contribution in [0.25, 0.3) is 76.2 Å². The first kappa shape index (κ1) is 46.4. The Morgan fingerprint density at radius 2 is 1.22 bits per heavy atom. The minimum Gasteiger partial charge on any atom is -0.306 e. The standard InChI is InChI=1S/C71H68N4S/c1-11-21-47-48(22-12-2)63-53(47)33-50(43-23-15-13-16-24-43)66-64-56-30-41(9)29-54-51-34-59-52(35-58(51)74(70(54)56)60(64)37-73-69(63)66)55-31-45(76(38(3)4,39(5)6)40(7)8)32-57-65-61(75(59)71(55)57)36-72-68-42(10)46-27-19-20-28-49(46)62(67(65)68)44-25-17-14-18-26-44/h11-18,21-23,25-40,42-43,50,62-63H,19-20,24H2,1-10H3/b21-11-,22-12-. The lowest BCUT2D eigenvalue weighted by Crippen LogP contribution is -2.28. The van der Waals surface area contributed by atoms with E-state index in [0.717, 1.165) is 19.3 Å². The molecule has 5 aliphatic rings. The van der Waals surface area contributed by atoms with Crippen molar-refractivity contribution in [2.75, 3.05) is 0 Å². The number of benzene rings is 4. The zero-order valence-electron chi connectivity index (χ0n) is 45.8. The van der Waals surface area contributed by atoms with Gasteiger partial charge in [0.05, 0.1) is 62.8 Å². The summed E-state index contributed by atoms with van der Waals surface area (Å²) in [7, 11) is -1.33. The molecule has 0 saturated carbocycles. The number of hydrogen-bond acceptors (Lipinski definition) is 2. The van der Waals surface area contributed by atoms with Gasteiger partial charge in [-0.1, -0.05) is 146 Å². The fourth-order valence-corrected chi connectivity index (χ4v) is 22.1. The van der Waals surface area contributed by atoms with Crippen LogP contribution in [0.1, 0.15) is 139 Å². The number of allylic oxidation sites excluding steroid dienone is 16. The number of aryl methyl sites for hydroxylation is 1. The molecule has 6 heterocycles. The van der Waals surface area contributed by atoms with Crippen molar-refractivity contribution >= 4 is 86.2 Å². The fourth-order valence-electron chi connectivity index (χ4n) is 16.6. The third-order valence-corrected chi connectivity index (χ3v) is 24.9. The highest BCUT2D eigenvalue weighted by atomic mass is 32.3. The van der Waals surface area contributed by atoms with Crippen molar-refractivity contribution < 1.29 is 0 Å². The zero-order chi connectivity index (χ0) is 51.8. The van der Waals surface area contributed by atoms with Gasteiger partial charge in [-0.2, -0.15) is 0 Å². The van der Waals surface area contributed by atoms with Crippen LogP contribution in [0.15, 0.2) is 179 Å². The predicted molar refractivity (Wildman–Crippen MR) is 326 cm³/mol. The third kappa shape index (κ3) is 5.83. The summed E-state index contributed by atoms with van der Waals surface area (Å²) in [5, 5.41) is 12.3. The van der Waals surface area contributed by atoms with E-state index in [1.54, 1.807) is 4.90 Å². The number of nitrogens with zero attached hydrogens (tertiary/aromatic N) is 4. The normalized spacial score (nSPS) is 22.1. The largest absolute Gasteiger partial charge is 0.306 e. The van der Waals surface area contributed by atoms with Crippen LogP contribution in [-0.4, -0.2) is 34.5 Å². The summed E-state index contributed by atoms with van der Waals surface area (Å²) in [6, 6.07) is 26.8. The summed E-state index contributed by atoms with van der Waals surface area (Å²) in [4.78, 5) is 12.8. The molecule has 0 spiro atoms. The van der Waals surface area contributed by atoms with E-state index in [4.69, 9.17) is 9.97 Å². The molecule has 4 nitrogen and oxygen atoms in total. The Labute approximate surface area is 448 Å². The number of aromatic nitrogens is 4. The molecule has 5 atom stereocenters. The highest BCUT2D eigenvalue weighted by molar-refractivity contribution is 8.35. The lowest BCUT2D eigenvalue weighted by molar-refractivity contribution is 0.562. The molecule has 5 aliphatic carbocycles. The first-order valence-electron chi connectivity index (χ1n) is 28.5. The summed E-state index contributed by atoms with van der Waals surface area (Å²) in [6.45, 7) is 24.0. The van der Waals surface area contributed by atoms with Crippen LogP contribution in [0.4, 0.5) is 0 Å². The van der Waals surface area contributed by atoms with Crippen molar-refractivity contribution in [3.63, 3.8) is 0 Å². The van der Waals surface area contributed by atoms with E-state index in [2.05, 4.69) is 224 Å². The van der Waals surface area contributed by atoms with Crippen molar-refractivity contribution in [3.8, 4) is 0 Å². The van der Waals surface area contributed by atoms with E-state index >= 15 is 0 Å². The number of fused-ring (bicyclic) bond motifs is 19. The third-order valence-electron chi connectivity index (χ3n) is 19.2. The molecule has 0 N–H and O–H groups in total. The Kier molecular flexibility index (Phi) is 10.1. The summed E-state index contributed by atoms with van der Waals surface area (Å²) in [5.41, 5.74) is 22.7. The Bertz CT molecular complexity index is 4400. The molecule has 0 fully saturated rings. The smallest absolute Gasteiger partial charge is 0.0728 e. The second-order valence-corrected chi connectivity index (χ2v) is 28.6. The Hall–Kier alpha value is -6.95. The molecule has 0 amide bonds. The van der Waals surface area contributed by atoms with Crippen molar-refractivity contribution in [2.24, 2.45) is 5.92 Å². The predicted octanol–water partition coefficient (Wildman–Crippen LogP) is 19.1. The first-order chi connectivity index (χ1) is 37.0. The monoisotopic (exact) mass is 1010 g/mol. The number of hydrogen-bond donors (Lipinski definition) is 0. The van der Waals surface area contributed by atoms with Gasteiger partial charge in [-0.25, -0.2) is 10.0 Å². The van der Waals surface area contributed by atoms with Crippen LogP contribution in [0, 0.1) is 12.8 Å². The second kappa shape index (κ2) is 16.5. The van der Waals surface area contributed by atoms with E-state index in [-0.39, 0.29) is 23.7 Å². The zero-order valence-corrected chi connectivity index (χ0v) is 46.6. The SMILES string of the molecule is C/C=C\C1=C(/C=C\C)C2C1=CC(C1C=CC=CC1)c1c2ncc2c1c1cc(C)cc3c4cc5c(cc4n2c31)c1cc(S(C(C)C)(C(C)C)C(C)C)cc2c3c4c(ncc3n5c12)C(C)C1=CCCC=C1C4c1ccccc1. The van der Waals surface area contributed by atoms with Crippen molar-refractivity contribution in [1.82, 2.24) is 18.8 Å². The molecule has 5 unspecified atom stereocenters. The van der Waals surface area contributed by atoms with Gasteiger partial charge >= 0.3 is 0 Å². The van der Waals surface area contributed by atoms with Crippen molar-refractivity contribution in [3.05, 3.63) is 207 Å². The summed E-state index contributed by atoms with van der Waals surface area (Å²) < 4.78 is 5.26. The first-order valence-corrected chi connectivity index (χ1v) is 30.3. The summed E-state index contributed by atoms with van der Waals surface area (Å²) in [6.07, 6.45) is 33.8. The topological polar surface area (TPSA) is 34.6 Å². The van der Waals surface area contributed by atoms with Crippen molar-refractivity contribution in [2.45, 2.75) is 133 Å². The molecule has 378 valence electrons. The van der Waals surface area contributed by atoms with Crippen LogP contribution in [0.2, 0.25) is 0 Å². The van der Waals surface area contributed by atoms with E-state index in [0.29, 0.717) is 21.7 Å². The molecule has 0 radical (unpaired) electrons. The number of rotatable bonds is 8. The minimum atomic E-state index is -1.33. The Morgan fingerprint density at radius 1 is 0.618 bits per heavy atom. The van der Waals surface area contributed by atoms with Gasteiger partial charge in [-0.15, -0.1) is 0 Å². The fraction of sp³-hybridized carbons (Fsp3) is 0.296. The van der Waals surface area contributed by atoms with E-state index in [1.165, 1.54) is 138 Å². The minimum absolute atomic E-state index is 0.106. The second-order valence-electron chi connectivity index (χ2n) is 23.8. The summed E-state index contributed by atoms with van der Waals surface area (Å²) in [5.74, 6) is 1.04. The average Bonchev–Trinajstić information content (AvgIpc) is 4.31. The number of pyridine rings is 2. The maximum Gasteiger partial charge on any atom is 0.0728 e. The maximum atomic E-state index is 5.66. The van der Waals surface area contributed by atoms with Crippen LogP contribution in [0.5, 0.6) is 0 Å². The Balaban J connectivity index is 1.08. The molecule has 76 heavy (non-hydrogen) atoms. The van der Waals surface area contributed by atoms with Gasteiger partial charge in [0.15, 0.2) is 0 Å². The van der Waals surface area contributed by atoms with Gasteiger partial charge in [-0.3, -0.25) is 9.97 Å². The molecular formula is C71H68N4S. The summed E-state index contributed by atoms with van der Waals surface area (Å²) >= 11 is 0. The molecule has 6 aromatic heterocycles. The molecular weight excluding hydrogens is 941 g/mol. The molecule has 10 aromatic rings. The van der Waals surface area contributed by atoms with E-state index in [9.17, 15) is 0 Å². The lowest BCUT2D eigenvalue weighted by atomic mass is 9.62. The van der Waals surface area contributed by atoms with Gasteiger partial charge in [0.25, 0.3) is 0 Å². The van der Waals surface area contributed by atoms with Gasteiger partial charge in [0, 0.05) is 60.8 Å². The quantitative estimate of drug-likeness (QED) is 0.152. The molecule has 0 saturated heterocycles. The average molecular weight is 1010 g/mol. The van der Waals surface area contributed by atoms with Crippen LogP contribution in [0.3, 0.4) is 0 Å². The molecule has 0 aliphatic heterocycles. The van der Waals surface area contributed by atoms with Gasteiger partial charge in [0.1, 0.15) is 0 Å². The van der Waals surface area contributed by atoms with Crippen LogP contribution in [-0.2, 0) is 0 Å². The molecule has 4 aromatic carbocycles. The van der Waals surface area contributed by atoms with E-state index < -0.39 is 10.0 Å². The highest BCUT2D eigenvalue weighted by Gasteiger charge is 2.45. The molecule has 0 bridgehead atoms. The van der Waals surface area contributed by atoms with Gasteiger partial charge in [-0.05, 0) is 153 Å². The Morgan fingerprint density at radius 3 is 1.87 bits per heavy atom.